The molecule has 0 aliphatic rings. The lowest BCUT2D eigenvalue weighted by atomic mass is 10.2. The van der Waals surface area contributed by atoms with Gasteiger partial charge in [0.1, 0.15) is 5.76 Å². The molecule has 0 radical (unpaired) electrons. The molecule has 0 aliphatic carbocycles. The highest BCUT2D eigenvalue weighted by Crippen LogP contribution is 2.11. The lowest BCUT2D eigenvalue weighted by Gasteiger charge is -2.10. The number of hydrogen-bond acceptors (Lipinski definition) is 4. The van der Waals surface area contributed by atoms with Crippen LogP contribution in [0.5, 0.6) is 0 Å². The Balaban J connectivity index is 2.19. The highest BCUT2D eigenvalue weighted by Gasteiger charge is 2.09. The van der Waals surface area contributed by atoms with E-state index >= 15 is 0 Å². The average Bonchev–Trinajstić information content (AvgIpc) is 2.79. The largest absolute Gasteiger partial charge is 0.468 e. The molecule has 0 aliphatic heterocycles. The summed E-state index contributed by atoms with van der Waals surface area (Å²) in [5.41, 5.74) is 0. The Morgan fingerprint density at radius 1 is 1.69 bits per heavy atom. The zero-order chi connectivity index (χ0) is 11.8. The quantitative estimate of drug-likeness (QED) is 0.701. The molecule has 0 spiro atoms. The van der Waals surface area contributed by atoms with E-state index in [9.17, 15) is 4.79 Å². The molecule has 2 N–H and O–H groups in total. The standard InChI is InChI=1S/C11H15N3O2/c1-9(10-4-2-7-16-10)14-8-11(15)13-6-3-5-12/h2,4,7,9,14H,3,6,8H2,1H3,(H,13,15). The van der Waals surface area contributed by atoms with Crippen LogP contribution in [0, 0.1) is 11.3 Å². The van der Waals surface area contributed by atoms with E-state index in [-0.39, 0.29) is 18.5 Å². The summed E-state index contributed by atoms with van der Waals surface area (Å²) in [4.78, 5) is 11.3. The Morgan fingerprint density at radius 3 is 3.12 bits per heavy atom. The number of carbonyl (C=O) groups is 1. The molecule has 1 rings (SSSR count). The Labute approximate surface area is 94.4 Å². The molecule has 0 saturated heterocycles. The van der Waals surface area contributed by atoms with Gasteiger partial charge in [0.2, 0.25) is 5.91 Å². The third kappa shape index (κ3) is 4.15. The van der Waals surface area contributed by atoms with E-state index in [0.717, 1.165) is 5.76 Å². The van der Waals surface area contributed by atoms with Crippen molar-refractivity contribution in [3.63, 3.8) is 0 Å². The van der Waals surface area contributed by atoms with Crippen LogP contribution in [0.1, 0.15) is 25.1 Å². The van der Waals surface area contributed by atoms with Gasteiger partial charge in [-0.2, -0.15) is 5.26 Å². The molecule has 1 aromatic rings. The minimum atomic E-state index is -0.117. The first kappa shape index (κ1) is 12.3. The summed E-state index contributed by atoms with van der Waals surface area (Å²) in [5, 5.41) is 13.9. The first-order valence-corrected chi connectivity index (χ1v) is 5.14. The molecule has 1 heterocycles. The third-order valence-corrected chi connectivity index (χ3v) is 2.10. The van der Waals surface area contributed by atoms with E-state index in [1.165, 1.54) is 0 Å². The van der Waals surface area contributed by atoms with Crippen molar-refractivity contribution in [1.29, 1.82) is 5.26 Å². The molecule has 0 saturated carbocycles. The number of nitrogens with one attached hydrogen (secondary N) is 2. The molecule has 1 atom stereocenters. The van der Waals surface area contributed by atoms with Crippen molar-refractivity contribution in [2.24, 2.45) is 0 Å². The lowest BCUT2D eigenvalue weighted by molar-refractivity contribution is -0.120. The van der Waals surface area contributed by atoms with Gasteiger partial charge in [-0.15, -0.1) is 0 Å². The summed E-state index contributed by atoms with van der Waals surface area (Å²) < 4.78 is 5.19. The summed E-state index contributed by atoms with van der Waals surface area (Å²) >= 11 is 0. The molecule has 5 heteroatoms. The summed E-state index contributed by atoms with van der Waals surface area (Å²) in [6, 6.07) is 5.62. The number of amides is 1. The van der Waals surface area contributed by atoms with Crippen molar-refractivity contribution < 1.29 is 9.21 Å². The fourth-order valence-corrected chi connectivity index (χ4v) is 1.20. The second kappa shape index (κ2) is 6.64. The maximum Gasteiger partial charge on any atom is 0.234 e. The molecule has 1 aromatic heterocycles. The van der Waals surface area contributed by atoms with E-state index in [2.05, 4.69) is 10.6 Å². The van der Waals surface area contributed by atoms with Gasteiger partial charge in [0.15, 0.2) is 0 Å². The molecule has 1 unspecified atom stereocenters. The van der Waals surface area contributed by atoms with Crippen LogP contribution in [0.15, 0.2) is 22.8 Å². The van der Waals surface area contributed by atoms with Crippen molar-refractivity contribution in [2.75, 3.05) is 13.1 Å². The van der Waals surface area contributed by atoms with Crippen molar-refractivity contribution in [3.8, 4) is 6.07 Å². The number of rotatable bonds is 6. The van der Waals surface area contributed by atoms with Gasteiger partial charge in [0.05, 0.1) is 31.3 Å². The number of furan rings is 1. The van der Waals surface area contributed by atoms with Crippen molar-refractivity contribution in [2.45, 2.75) is 19.4 Å². The van der Waals surface area contributed by atoms with Crippen LogP contribution in [0.2, 0.25) is 0 Å². The topological polar surface area (TPSA) is 78.1 Å². The van der Waals surface area contributed by atoms with Crippen LogP contribution < -0.4 is 10.6 Å². The van der Waals surface area contributed by atoms with Crippen LogP contribution >= 0.6 is 0 Å². The van der Waals surface area contributed by atoms with Gasteiger partial charge in [0.25, 0.3) is 0 Å². The van der Waals surface area contributed by atoms with Gasteiger partial charge in [-0.1, -0.05) is 0 Å². The lowest BCUT2D eigenvalue weighted by Crippen LogP contribution is -2.35. The predicted molar refractivity (Wildman–Crippen MR) is 58.4 cm³/mol. The van der Waals surface area contributed by atoms with Crippen LogP contribution in [0.3, 0.4) is 0 Å². The second-order valence-corrected chi connectivity index (χ2v) is 3.38. The van der Waals surface area contributed by atoms with Gasteiger partial charge in [-0.05, 0) is 19.1 Å². The fourth-order valence-electron chi connectivity index (χ4n) is 1.20. The molecule has 0 bridgehead atoms. The first-order valence-electron chi connectivity index (χ1n) is 5.14. The maximum atomic E-state index is 11.3. The van der Waals surface area contributed by atoms with Crippen molar-refractivity contribution in [1.82, 2.24) is 10.6 Å². The molecule has 1 amide bonds. The average molecular weight is 221 g/mol. The third-order valence-electron chi connectivity index (χ3n) is 2.10. The molecule has 0 aromatic carbocycles. The normalized spacial score (nSPS) is 11.8. The Morgan fingerprint density at radius 2 is 2.50 bits per heavy atom. The highest BCUT2D eigenvalue weighted by molar-refractivity contribution is 5.78. The van der Waals surface area contributed by atoms with E-state index < -0.39 is 0 Å². The van der Waals surface area contributed by atoms with Gasteiger partial charge >= 0.3 is 0 Å². The second-order valence-electron chi connectivity index (χ2n) is 3.38. The van der Waals surface area contributed by atoms with Crippen molar-refractivity contribution in [3.05, 3.63) is 24.2 Å². The number of carbonyl (C=O) groups excluding carboxylic acids is 1. The van der Waals surface area contributed by atoms with Gasteiger partial charge in [-0.25, -0.2) is 0 Å². The zero-order valence-corrected chi connectivity index (χ0v) is 9.19. The first-order chi connectivity index (χ1) is 7.74. The molecular formula is C11H15N3O2. The van der Waals surface area contributed by atoms with Gasteiger partial charge in [0, 0.05) is 6.54 Å². The van der Waals surface area contributed by atoms with Crippen LogP contribution in [0.25, 0.3) is 0 Å². The zero-order valence-electron chi connectivity index (χ0n) is 9.19. The minimum Gasteiger partial charge on any atom is -0.468 e. The summed E-state index contributed by atoms with van der Waals surface area (Å²) in [6.45, 7) is 2.53. The summed E-state index contributed by atoms with van der Waals surface area (Å²) in [6.07, 6.45) is 1.93. The molecule has 16 heavy (non-hydrogen) atoms. The molecule has 0 fully saturated rings. The van der Waals surface area contributed by atoms with E-state index in [4.69, 9.17) is 9.68 Å². The summed E-state index contributed by atoms with van der Waals surface area (Å²) in [7, 11) is 0. The summed E-state index contributed by atoms with van der Waals surface area (Å²) in [5.74, 6) is 0.679. The smallest absolute Gasteiger partial charge is 0.234 e. The van der Waals surface area contributed by atoms with Crippen LogP contribution in [-0.2, 0) is 4.79 Å². The molecular weight excluding hydrogens is 206 g/mol. The number of nitrogens with zero attached hydrogens (tertiary/aromatic N) is 1. The predicted octanol–water partition coefficient (Wildman–Crippen LogP) is 0.960. The van der Waals surface area contributed by atoms with Gasteiger partial charge < -0.3 is 9.73 Å². The van der Waals surface area contributed by atoms with Gasteiger partial charge in [-0.3, -0.25) is 10.1 Å². The van der Waals surface area contributed by atoms with Crippen LogP contribution in [-0.4, -0.2) is 19.0 Å². The van der Waals surface area contributed by atoms with Crippen molar-refractivity contribution >= 4 is 5.91 Å². The number of nitriles is 1. The fraction of sp³-hybridized carbons (Fsp3) is 0.455. The Hall–Kier alpha value is -1.80. The highest BCUT2D eigenvalue weighted by atomic mass is 16.3. The number of hydrogen-bond donors (Lipinski definition) is 2. The van der Waals surface area contributed by atoms with E-state index in [1.807, 2.05) is 19.1 Å². The maximum absolute atomic E-state index is 11.3. The Bertz CT molecular complexity index is 354. The Kier molecular flexibility index (Phi) is 5.09. The van der Waals surface area contributed by atoms with Crippen LogP contribution in [0.4, 0.5) is 0 Å². The monoisotopic (exact) mass is 221 g/mol. The molecule has 86 valence electrons. The SMILES string of the molecule is CC(NCC(=O)NCCC#N)c1ccco1. The van der Waals surface area contributed by atoms with E-state index in [0.29, 0.717) is 13.0 Å². The molecule has 5 nitrogen and oxygen atoms in total. The van der Waals surface area contributed by atoms with E-state index in [1.54, 1.807) is 12.3 Å². The minimum absolute atomic E-state index is 0.00304.